The second-order valence-corrected chi connectivity index (χ2v) is 6.65. The first-order chi connectivity index (χ1) is 10.8. The Morgan fingerprint density at radius 2 is 1.87 bits per heavy atom. The summed E-state index contributed by atoms with van der Waals surface area (Å²) in [5.74, 6) is -1.48. The number of carboxylic acid groups (broad SMARTS) is 1. The van der Waals surface area contributed by atoms with Gasteiger partial charge in [0.2, 0.25) is 10.0 Å². The van der Waals surface area contributed by atoms with Crippen molar-refractivity contribution in [3.8, 4) is 0 Å². The number of benzene rings is 1. The molecule has 0 aliphatic rings. The van der Waals surface area contributed by atoms with Crippen molar-refractivity contribution < 1.29 is 27.9 Å². The van der Waals surface area contributed by atoms with Crippen LogP contribution in [-0.2, 0) is 19.6 Å². The van der Waals surface area contributed by atoms with E-state index >= 15 is 0 Å². The molecule has 1 aromatic carbocycles. The van der Waals surface area contributed by atoms with Gasteiger partial charge in [0.05, 0.1) is 17.9 Å². The fourth-order valence-electron chi connectivity index (χ4n) is 1.77. The molecule has 0 saturated heterocycles. The number of hydrogen-bond acceptors (Lipinski definition) is 5. The quantitative estimate of drug-likeness (QED) is 0.550. The van der Waals surface area contributed by atoms with Gasteiger partial charge >= 0.3 is 5.97 Å². The van der Waals surface area contributed by atoms with Gasteiger partial charge in [0.15, 0.2) is 0 Å². The van der Waals surface area contributed by atoms with Crippen molar-refractivity contribution in [1.82, 2.24) is 10.0 Å². The van der Waals surface area contributed by atoms with Gasteiger partial charge in [0.25, 0.3) is 5.91 Å². The van der Waals surface area contributed by atoms with E-state index in [-0.39, 0.29) is 30.0 Å². The van der Waals surface area contributed by atoms with Crippen molar-refractivity contribution in [2.75, 3.05) is 20.3 Å². The number of hydrogen-bond donors (Lipinski definition) is 3. The Bertz CT molecular complexity index is 642. The molecule has 0 aliphatic heterocycles. The van der Waals surface area contributed by atoms with Crippen LogP contribution < -0.4 is 10.0 Å². The number of ether oxygens (including phenoxy) is 1. The second-order valence-electron chi connectivity index (χ2n) is 4.89. The monoisotopic (exact) mass is 344 g/mol. The summed E-state index contributed by atoms with van der Waals surface area (Å²) in [5, 5.41) is 11.2. The molecular formula is C14H20N2O6S. The Balaban J connectivity index is 2.72. The maximum atomic E-state index is 12.0. The van der Waals surface area contributed by atoms with Gasteiger partial charge in [-0.1, -0.05) is 0 Å². The average Bonchev–Trinajstić information content (AvgIpc) is 2.46. The van der Waals surface area contributed by atoms with Crippen LogP contribution in [0.3, 0.4) is 0 Å². The molecule has 0 spiro atoms. The van der Waals surface area contributed by atoms with Crippen molar-refractivity contribution in [3.63, 3.8) is 0 Å². The van der Waals surface area contributed by atoms with Crippen LogP contribution in [0.15, 0.2) is 29.2 Å². The smallest absolute Gasteiger partial charge is 0.305 e. The van der Waals surface area contributed by atoms with Gasteiger partial charge in [0, 0.05) is 25.3 Å². The molecule has 1 atom stereocenters. The maximum Gasteiger partial charge on any atom is 0.305 e. The van der Waals surface area contributed by atoms with Crippen LogP contribution in [0.25, 0.3) is 0 Å². The number of sulfonamides is 1. The average molecular weight is 344 g/mol. The third-order valence-electron chi connectivity index (χ3n) is 2.88. The lowest BCUT2D eigenvalue weighted by molar-refractivity contribution is -0.137. The Kier molecular flexibility index (Phi) is 7.14. The number of amides is 1. The molecule has 1 aromatic rings. The molecule has 0 aromatic heterocycles. The molecule has 3 N–H and O–H groups in total. The SMILES string of the molecule is COCCNS(=O)(=O)c1ccc(C(=O)NC(C)CC(=O)O)cc1. The summed E-state index contributed by atoms with van der Waals surface area (Å²) in [6, 6.07) is 4.83. The molecular weight excluding hydrogens is 324 g/mol. The maximum absolute atomic E-state index is 12.0. The first kappa shape index (κ1) is 19.1. The summed E-state index contributed by atoms with van der Waals surface area (Å²) in [5.41, 5.74) is 0.248. The second kappa shape index (κ2) is 8.61. The number of carbonyl (C=O) groups is 2. The molecule has 1 amide bonds. The van der Waals surface area contributed by atoms with Crippen molar-refractivity contribution in [3.05, 3.63) is 29.8 Å². The number of rotatable bonds is 9. The van der Waals surface area contributed by atoms with Crippen molar-refractivity contribution in [2.45, 2.75) is 24.3 Å². The van der Waals surface area contributed by atoms with E-state index < -0.39 is 27.9 Å². The topological polar surface area (TPSA) is 122 Å². The predicted molar refractivity (Wildman–Crippen MR) is 82.7 cm³/mol. The lowest BCUT2D eigenvalue weighted by atomic mass is 10.2. The first-order valence-corrected chi connectivity index (χ1v) is 8.36. The van der Waals surface area contributed by atoms with Gasteiger partial charge in [0.1, 0.15) is 0 Å². The number of nitrogens with one attached hydrogen (secondary N) is 2. The van der Waals surface area contributed by atoms with Gasteiger partial charge in [-0.15, -0.1) is 0 Å². The van der Waals surface area contributed by atoms with E-state index in [0.717, 1.165) is 0 Å². The predicted octanol–water partition coefficient (Wildman–Crippen LogP) is 0.204. The highest BCUT2D eigenvalue weighted by molar-refractivity contribution is 7.89. The fourth-order valence-corrected chi connectivity index (χ4v) is 2.78. The molecule has 0 bridgehead atoms. The van der Waals surface area contributed by atoms with E-state index in [0.29, 0.717) is 0 Å². The van der Waals surface area contributed by atoms with Gasteiger partial charge in [-0.25, -0.2) is 13.1 Å². The lowest BCUT2D eigenvalue weighted by Gasteiger charge is -2.12. The molecule has 1 rings (SSSR count). The van der Waals surface area contributed by atoms with Crippen LogP contribution in [0.2, 0.25) is 0 Å². The molecule has 0 heterocycles. The molecule has 0 fully saturated rings. The minimum Gasteiger partial charge on any atom is -0.481 e. The van der Waals surface area contributed by atoms with Crippen molar-refractivity contribution in [1.29, 1.82) is 0 Å². The van der Waals surface area contributed by atoms with Crippen LogP contribution in [0.1, 0.15) is 23.7 Å². The Morgan fingerprint density at radius 1 is 1.26 bits per heavy atom. The highest BCUT2D eigenvalue weighted by atomic mass is 32.2. The van der Waals surface area contributed by atoms with Gasteiger partial charge in [-0.05, 0) is 31.2 Å². The summed E-state index contributed by atoms with van der Waals surface area (Å²) < 4.78 is 31.0. The van der Waals surface area contributed by atoms with Crippen LogP contribution in [0, 0.1) is 0 Å². The molecule has 8 nitrogen and oxygen atoms in total. The van der Waals surface area contributed by atoms with Crippen LogP contribution in [0.4, 0.5) is 0 Å². The van der Waals surface area contributed by atoms with Crippen molar-refractivity contribution in [2.24, 2.45) is 0 Å². The molecule has 0 radical (unpaired) electrons. The number of methoxy groups -OCH3 is 1. The molecule has 0 saturated carbocycles. The number of carboxylic acids is 1. The Morgan fingerprint density at radius 3 is 2.39 bits per heavy atom. The zero-order chi connectivity index (χ0) is 17.5. The summed E-state index contributed by atoms with van der Waals surface area (Å²) in [6.07, 6.45) is -0.193. The highest BCUT2D eigenvalue weighted by Gasteiger charge is 2.16. The zero-order valence-electron chi connectivity index (χ0n) is 12.9. The summed E-state index contributed by atoms with van der Waals surface area (Å²) in [4.78, 5) is 22.5. The van der Waals surface area contributed by atoms with E-state index in [4.69, 9.17) is 9.84 Å². The van der Waals surface area contributed by atoms with Crippen LogP contribution in [-0.4, -0.2) is 51.7 Å². The van der Waals surface area contributed by atoms with E-state index in [2.05, 4.69) is 10.0 Å². The molecule has 1 unspecified atom stereocenters. The van der Waals surface area contributed by atoms with E-state index in [1.165, 1.54) is 31.4 Å². The standard InChI is InChI=1S/C14H20N2O6S/c1-10(9-13(17)18)16-14(19)11-3-5-12(6-4-11)23(20,21)15-7-8-22-2/h3-6,10,15H,7-9H2,1-2H3,(H,16,19)(H,17,18). The molecule has 0 aliphatic carbocycles. The minimum atomic E-state index is -3.65. The minimum absolute atomic E-state index is 0.0312. The largest absolute Gasteiger partial charge is 0.481 e. The summed E-state index contributed by atoms with van der Waals surface area (Å²) >= 11 is 0. The third kappa shape index (κ3) is 6.35. The molecule has 128 valence electrons. The Labute approximate surface area is 134 Å². The molecule has 23 heavy (non-hydrogen) atoms. The van der Waals surface area contributed by atoms with E-state index in [1.54, 1.807) is 6.92 Å². The molecule has 9 heteroatoms. The number of aliphatic carboxylic acids is 1. The summed E-state index contributed by atoms with van der Waals surface area (Å²) in [7, 11) is -2.19. The highest BCUT2D eigenvalue weighted by Crippen LogP contribution is 2.10. The number of carbonyl (C=O) groups excluding carboxylic acids is 1. The zero-order valence-corrected chi connectivity index (χ0v) is 13.7. The van der Waals surface area contributed by atoms with E-state index in [9.17, 15) is 18.0 Å². The summed E-state index contributed by atoms with van der Waals surface area (Å²) in [6.45, 7) is 1.97. The van der Waals surface area contributed by atoms with E-state index in [1.807, 2.05) is 0 Å². The van der Waals surface area contributed by atoms with Gasteiger partial charge in [-0.3, -0.25) is 9.59 Å². The first-order valence-electron chi connectivity index (χ1n) is 6.87. The Hall–Kier alpha value is -1.97. The third-order valence-corrected chi connectivity index (χ3v) is 4.36. The van der Waals surface area contributed by atoms with Crippen LogP contribution in [0.5, 0.6) is 0 Å². The van der Waals surface area contributed by atoms with Gasteiger partial charge < -0.3 is 15.2 Å². The fraction of sp³-hybridized carbons (Fsp3) is 0.429. The lowest BCUT2D eigenvalue weighted by Crippen LogP contribution is -2.34. The normalized spacial score (nSPS) is 12.6. The van der Waals surface area contributed by atoms with Crippen molar-refractivity contribution >= 4 is 21.9 Å². The van der Waals surface area contributed by atoms with Crippen LogP contribution >= 0.6 is 0 Å². The van der Waals surface area contributed by atoms with Gasteiger partial charge in [-0.2, -0.15) is 0 Å².